The lowest BCUT2D eigenvalue weighted by Crippen LogP contribution is -2.13. The number of anilines is 1. The molecule has 0 bridgehead atoms. The van der Waals surface area contributed by atoms with Crippen LogP contribution in [0.3, 0.4) is 0 Å². The first-order valence-corrected chi connectivity index (χ1v) is 8.73. The number of benzene rings is 2. The molecule has 2 aromatic rings. The largest absolute Gasteiger partial charge is 0.457 e. The van der Waals surface area contributed by atoms with Crippen molar-refractivity contribution in [1.29, 1.82) is 0 Å². The standard InChI is InChI=1S/C22H27NO3/c1-14-11-18(22(4,5)6)12-15(2)20(14)13-26-21(25)17-7-9-19(10-8-17)23-16(3)24/h7-12H,13H2,1-6H3,(H,23,24). The number of carbonyl (C=O) groups excluding carboxylic acids is 2. The fourth-order valence-corrected chi connectivity index (χ4v) is 2.77. The highest BCUT2D eigenvalue weighted by atomic mass is 16.5. The zero-order valence-electron chi connectivity index (χ0n) is 16.4. The second-order valence-corrected chi connectivity index (χ2v) is 7.67. The third-order valence-corrected chi connectivity index (χ3v) is 4.35. The Morgan fingerprint density at radius 2 is 1.54 bits per heavy atom. The molecule has 1 N–H and O–H groups in total. The fourth-order valence-electron chi connectivity index (χ4n) is 2.77. The predicted molar refractivity (Wildman–Crippen MR) is 104 cm³/mol. The molecule has 0 fully saturated rings. The van der Waals surface area contributed by atoms with Gasteiger partial charge in [0.1, 0.15) is 6.61 Å². The quantitative estimate of drug-likeness (QED) is 0.794. The van der Waals surface area contributed by atoms with Crippen molar-refractivity contribution in [2.45, 2.75) is 53.6 Å². The van der Waals surface area contributed by atoms with E-state index < -0.39 is 0 Å². The van der Waals surface area contributed by atoms with E-state index in [1.165, 1.54) is 12.5 Å². The third-order valence-electron chi connectivity index (χ3n) is 4.35. The Morgan fingerprint density at radius 3 is 2.00 bits per heavy atom. The summed E-state index contributed by atoms with van der Waals surface area (Å²) < 4.78 is 5.50. The molecule has 1 amide bonds. The van der Waals surface area contributed by atoms with E-state index in [-0.39, 0.29) is 23.9 Å². The number of hydrogen-bond acceptors (Lipinski definition) is 3. The molecule has 0 spiro atoms. The van der Waals surface area contributed by atoms with E-state index in [4.69, 9.17) is 4.74 Å². The highest BCUT2D eigenvalue weighted by molar-refractivity contribution is 5.92. The Hall–Kier alpha value is -2.62. The predicted octanol–water partition coefficient (Wildman–Crippen LogP) is 4.92. The molecule has 0 atom stereocenters. The topological polar surface area (TPSA) is 55.4 Å². The minimum absolute atomic E-state index is 0.0837. The highest BCUT2D eigenvalue weighted by Gasteiger charge is 2.17. The Morgan fingerprint density at radius 1 is 1.00 bits per heavy atom. The van der Waals surface area contributed by atoms with Crippen molar-refractivity contribution in [3.05, 3.63) is 64.2 Å². The van der Waals surface area contributed by atoms with Gasteiger partial charge in [-0.15, -0.1) is 0 Å². The van der Waals surface area contributed by atoms with Crippen molar-refractivity contribution < 1.29 is 14.3 Å². The van der Waals surface area contributed by atoms with E-state index >= 15 is 0 Å². The molecule has 0 saturated heterocycles. The fraction of sp³-hybridized carbons (Fsp3) is 0.364. The van der Waals surface area contributed by atoms with Crippen LogP contribution in [0.2, 0.25) is 0 Å². The molecule has 4 nitrogen and oxygen atoms in total. The zero-order valence-corrected chi connectivity index (χ0v) is 16.4. The van der Waals surface area contributed by atoms with E-state index in [2.05, 4.69) is 38.2 Å². The maximum Gasteiger partial charge on any atom is 0.338 e. The minimum atomic E-state index is -0.377. The number of ether oxygens (including phenoxy) is 1. The van der Waals surface area contributed by atoms with Gasteiger partial charge in [0.05, 0.1) is 5.56 Å². The first kappa shape index (κ1) is 19.7. The molecular formula is C22H27NO3. The van der Waals surface area contributed by atoms with E-state index in [9.17, 15) is 9.59 Å². The normalized spacial score (nSPS) is 11.2. The van der Waals surface area contributed by atoms with Gasteiger partial charge >= 0.3 is 5.97 Å². The molecule has 0 unspecified atom stereocenters. The zero-order chi connectivity index (χ0) is 19.5. The molecule has 0 aliphatic heterocycles. The van der Waals surface area contributed by atoms with Gasteiger partial charge in [0, 0.05) is 12.6 Å². The number of amides is 1. The number of hydrogen-bond donors (Lipinski definition) is 1. The van der Waals surface area contributed by atoms with Crippen LogP contribution in [0.25, 0.3) is 0 Å². The summed E-state index contributed by atoms with van der Waals surface area (Å²) in [7, 11) is 0. The van der Waals surface area contributed by atoms with Gasteiger partial charge in [-0.25, -0.2) is 4.79 Å². The van der Waals surface area contributed by atoms with Crippen molar-refractivity contribution in [3.63, 3.8) is 0 Å². The molecule has 0 saturated carbocycles. The van der Waals surface area contributed by atoms with Gasteiger partial charge in [-0.1, -0.05) is 32.9 Å². The molecule has 0 aromatic heterocycles. The van der Waals surface area contributed by atoms with Crippen molar-refractivity contribution in [3.8, 4) is 0 Å². The molecule has 138 valence electrons. The van der Waals surface area contributed by atoms with Crippen LogP contribution >= 0.6 is 0 Å². The van der Waals surface area contributed by atoms with Gasteiger partial charge in [0.25, 0.3) is 0 Å². The maximum absolute atomic E-state index is 12.3. The van der Waals surface area contributed by atoms with Gasteiger partial charge in [-0.2, -0.15) is 0 Å². The first-order chi connectivity index (χ1) is 12.1. The molecule has 4 heteroatoms. The summed E-state index contributed by atoms with van der Waals surface area (Å²) in [4.78, 5) is 23.3. The van der Waals surface area contributed by atoms with E-state index in [0.717, 1.165) is 16.7 Å². The molecule has 0 heterocycles. The Balaban J connectivity index is 2.08. The van der Waals surface area contributed by atoms with Crippen molar-refractivity contribution >= 4 is 17.6 Å². The summed E-state index contributed by atoms with van der Waals surface area (Å²) in [5, 5.41) is 2.67. The van der Waals surface area contributed by atoms with Crippen molar-refractivity contribution in [1.82, 2.24) is 0 Å². The Bertz CT molecular complexity index is 791. The van der Waals surface area contributed by atoms with E-state index in [1.54, 1.807) is 24.3 Å². The third kappa shape index (κ3) is 4.94. The summed E-state index contributed by atoms with van der Waals surface area (Å²) in [5.74, 6) is -0.525. The lowest BCUT2D eigenvalue weighted by Gasteiger charge is -2.22. The molecule has 2 rings (SSSR count). The van der Waals surface area contributed by atoms with Crippen LogP contribution in [0.5, 0.6) is 0 Å². The smallest absolute Gasteiger partial charge is 0.338 e. The second kappa shape index (κ2) is 7.73. The molecule has 0 aliphatic rings. The number of esters is 1. The number of rotatable bonds is 4. The number of carbonyl (C=O) groups is 2. The van der Waals surface area contributed by atoms with Gasteiger partial charge in [-0.05, 0) is 65.8 Å². The SMILES string of the molecule is CC(=O)Nc1ccc(C(=O)OCc2c(C)cc(C(C)(C)C)cc2C)cc1. The lowest BCUT2D eigenvalue weighted by molar-refractivity contribution is -0.114. The van der Waals surface area contributed by atoms with Gasteiger partial charge in [0.15, 0.2) is 0 Å². The minimum Gasteiger partial charge on any atom is -0.457 e. The van der Waals surface area contributed by atoms with E-state index in [1.807, 2.05) is 13.8 Å². The molecule has 0 radical (unpaired) electrons. The molecule has 26 heavy (non-hydrogen) atoms. The summed E-state index contributed by atoms with van der Waals surface area (Å²) in [5.41, 5.74) is 5.77. The Labute approximate surface area is 155 Å². The van der Waals surface area contributed by atoms with Crippen LogP contribution in [0.1, 0.15) is 60.3 Å². The second-order valence-electron chi connectivity index (χ2n) is 7.67. The summed E-state index contributed by atoms with van der Waals surface area (Å²) in [6.45, 7) is 12.3. The van der Waals surface area contributed by atoms with E-state index in [0.29, 0.717) is 11.3 Å². The molecule has 0 aliphatic carbocycles. The van der Waals surface area contributed by atoms with Crippen LogP contribution in [0.4, 0.5) is 5.69 Å². The maximum atomic E-state index is 12.3. The van der Waals surface area contributed by atoms with Gasteiger partial charge in [0.2, 0.25) is 5.91 Å². The average Bonchev–Trinajstić information content (AvgIpc) is 2.53. The van der Waals surface area contributed by atoms with Crippen molar-refractivity contribution in [2.24, 2.45) is 0 Å². The van der Waals surface area contributed by atoms with Crippen LogP contribution in [0.15, 0.2) is 36.4 Å². The average molecular weight is 353 g/mol. The molecular weight excluding hydrogens is 326 g/mol. The van der Waals surface area contributed by atoms with Crippen LogP contribution < -0.4 is 5.32 Å². The van der Waals surface area contributed by atoms with Crippen LogP contribution in [0, 0.1) is 13.8 Å². The summed E-state index contributed by atoms with van der Waals surface area (Å²) in [6, 6.07) is 11.0. The van der Waals surface area contributed by atoms with Crippen molar-refractivity contribution in [2.75, 3.05) is 5.32 Å². The number of nitrogens with one attached hydrogen (secondary N) is 1. The van der Waals surface area contributed by atoms with Crippen LogP contribution in [-0.2, 0) is 21.6 Å². The Kier molecular flexibility index (Phi) is 5.86. The number of aryl methyl sites for hydroxylation is 2. The first-order valence-electron chi connectivity index (χ1n) is 8.73. The van der Waals surface area contributed by atoms with Crippen LogP contribution in [-0.4, -0.2) is 11.9 Å². The van der Waals surface area contributed by atoms with Gasteiger partial charge in [-0.3, -0.25) is 4.79 Å². The highest BCUT2D eigenvalue weighted by Crippen LogP contribution is 2.27. The lowest BCUT2D eigenvalue weighted by atomic mass is 9.84. The summed E-state index contributed by atoms with van der Waals surface area (Å²) >= 11 is 0. The molecule has 2 aromatic carbocycles. The summed E-state index contributed by atoms with van der Waals surface area (Å²) in [6.07, 6.45) is 0. The van der Waals surface area contributed by atoms with Gasteiger partial charge < -0.3 is 10.1 Å². The monoisotopic (exact) mass is 353 g/mol.